The molecule has 3 nitrogen and oxygen atoms in total. The number of aliphatic hydroxyl groups excluding tert-OH is 1. The van der Waals surface area contributed by atoms with Gasteiger partial charge in [-0.05, 0) is 19.8 Å². The normalized spacial score (nSPS) is 25.2. The zero-order chi connectivity index (χ0) is 8.97. The van der Waals surface area contributed by atoms with Crippen molar-refractivity contribution in [3.05, 3.63) is 0 Å². The molecule has 0 aromatic rings. The SMILES string of the molecule is C[C@H](N)C(O)OC1CCCCC1. The van der Waals surface area contributed by atoms with Gasteiger partial charge in [-0.1, -0.05) is 19.3 Å². The summed E-state index contributed by atoms with van der Waals surface area (Å²) in [6.07, 6.45) is 5.34. The van der Waals surface area contributed by atoms with Crippen LogP contribution < -0.4 is 5.73 Å². The van der Waals surface area contributed by atoms with E-state index in [0.717, 1.165) is 12.8 Å². The first-order valence-corrected chi connectivity index (χ1v) is 4.79. The van der Waals surface area contributed by atoms with Gasteiger partial charge < -0.3 is 15.6 Å². The monoisotopic (exact) mass is 173 g/mol. The van der Waals surface area contributed by atoms with E-state index < -0.39 is 6.29 Å². The van der Waals surface area contributed by atoms with Crippen LogP contribution in [0.5, 0.6) is 0 Å². The number of ether oxygens (including phenoxy) is 1. The van der Waals surface area contributed by atoms with E-state index in [9.17, 15) is 5.11 Å². The molecule has 1 rings (SSSR count). The van der Waals surface area contributed by atoms with E-state index in [1.54, 1.807) is 6.92 Å². The summed E-state index contributed by atoms with van der Waals surface area (Å²) in [5, 5.41) is 9.33. The van der Waals surface area contributed by atoms with Crippen LogP contribution in [0, 0.1) is 0 Å². The van der Waals surface area contributed by atoms with Crippen molar-refractivity contribution < 1.29 is 9.84 Å². The highest BCUT2D eigenvalue weighted by Crippen LogP contribution is 2.21. The summed E-state index contributed by atoms with van der Waals surface area (Å²) in [4.78, 5) is 0. The molecule has 1 aliphatic rings. The molecule has 0 aromatic heterocycles. The smallest absolute Gasteiger partial charge is 0.169 e. The van der Waals surface area contributed by atoms with Crippen LogP contribution in [0.15, 0.2) is 0 Å². The van der Waals surface area contributed by atoms with E-state index >= 15 is 0 Å². The predicted octanol–water partition coefficient (Wildman–Crippen LogP) is 1.00. The molecule has 12 heavy (non-hydrogen) atoms. The molecule has 1 saturated carbocycles. The van der Waals surface area contributed by atoms with E-state index in [2.05, 4.69) is 0 Å². The van der Waals surface area contributed by atoms with E-state index in [0.29, 0.717) is 0 Å². The van der Waals surface area contributed by atoms with Gasteiger partial charge in [-0.15, -0.1) is 0 Å². The van der Waals surface area contributed by atoms with Crippen LogP contribution >= 0.6 is 0 Å². The summed E-state index contributed by atoms with van der Waals surface area (Å²) >= 11 is 0. The summed E-state index contributed by atoms with van der Waals surface area (Å²) < 4.78 is 5.38. The van der Waals surface area contributed by atoms with Crippen LogP contribution in [-0.4, -0.2) is 23.5 Å². The first kappa shape index (κ1) is 9.96. The van der Waals surface area contributed by atoms with Gasteiger partial charge in [0, 0.05) is 0 Å². The number of hydrogen-bond acceptors (Lipinski definition) is 3. The van der Waals surface area contributed by atoms with Crippen molar-refractivity contribution in [2.75, 3.05) is 0 Å². The highest BCUT2D eigenvalue weighted by atomic mass is 16.6. The molecule has 0 spiro atoms. The summed E-state index contributed by atoms with van der Waals surface area (Å²) in [5.41, 5.74) is 5.48. The Morgan fingerprint density at radius 2 is 1.92 bits per heavy atom. The maximum atomic E-state index is 9.33. The van der Waals surface area contributed by atoms with Crippen LogP contribution in [0.3, 0.4) is 0 Å². The lowest BCUT2D eigenvalue weighted by atomic mass is 9.98. The number of nitrogens with two attached hydrogens (primary N) is 1. The van der Waals surface area contributed by atoms with Gasteiger partial charge in [0.15, 0.2) is 6.29 Å². The summed E-state index contributed by atoms with van der Waals surface area (Å²) in [5.74, 6) is 0. The highest BCUT2D eigenvalue weighted by molar-refractivity contribution is 4.67. The molecule has 0 radical (unpaired) electrons. The van der Waals surface area contributed by atoms with Crippen molar-refractivity contribution in [1.82, 2.24) is 0 Å². The molecular weight excluding hydrogens is 154 g/mol. The van der Waals surface area contributed by atoms with Gasteiger partial charge in [0.25, 0.3) is 0 Å². The van der Waals surface area contributed by atoms with Gasteiger partial charge in [-0.3, -0.25) is 0 Å². The minimum atomic E-state index is -0.784. The molecule has 2 atom stereocenters. The van der Waals surface area contributed by atoms with Gasteiger partial charge >= 0.3 is 0 Å². The second-order valence-electron chi connectivity index (χ2n) is 3.65. The first-order valence-electron chi connectivity index (χ1n) is 4.79. The molecule has 1 aliphatic carbocycles. The minimum absolute atomic E-state index is 0.236. The molecular formula is C9H19NO2. The zero-order valence-corrected chi connectivity index (χ0v) is 7.70. The standard InChI is InChI=1S/C9H19NO2/c1-7(10)9(11)12-8-5-3-2-4-6-8/h7-9,11H,2-6,10H2,1H3/t7-,9?/m0/s1. The van der Waals surface area contributed by atoms with Crippen LogP contribution in [0.4, 0.5) is 0 Å². The van der Waals surface area contributed by atoms with E-state index in [1.807, 2.05) is 0 Å². The number of hydrogen-bond donors (Lipinski definition) is 2. The van der Waals surface area contributed by atoms with Gasteiger partial charge in [-0.2, -0.15) is 0 Å². The molecule has 1 unspecified atom stereocenters. The third-order valence-electron chi connectivity index (χ3n) is 2.33. The molecule has 1 fully saturated rings. The third kappa shape index (κ3) is 3.09. The molecule has 0 aliphatic heterocycles. The average molecular weight is 173 g/mol. The molecule has 0 amide bonds. The van der Waals surface area contributed by atoms with Gasteiger partial charge in [0.05, 0.1) is 12.1 Å². The van der Waals surface area contributed by atoms with Crippen molar-refractivity contribution in [3.8, 4) is 0 Å². The Morgan fingerprint density at radius 3 is 2.42 bits per heavy atom. The van der Waals surface area contributed by atoms with Crippen molar-refractivity contribution >= 4 is 0 Å². The van der Waals surface area contributed by atoms with Gasteiger partial charge in [0.2, 0.25) is 0 Å². The summed E-state index contributed by atoms with van der Waals surface area (Å²) in [7, 11) is 0. The zero-order valence-electron chi connectivity index (χ0n) is 7.70. The minimum Gasteiger partial charge on any atom is -0.367 e. The fourth-order valence-corrected chi connectivity index (χ4v) is 1.52. The molecule has 0 heterocycles. The van der Waals surface area contributed by atoms with Crippen molar-refractivity contribution in [1.29, 1.82) is 0 Å². The lowest BCUT2D eigenvalue weighted by Gasteiger charge is -2.26. The molecule has 0 saturated heterocycles. The summed E-state index contributed by atoms with van der Waals surface area (Å²) in [6, 6.07) is -0.285. The Kier molecular flexibility index (Phi) is 3.98. The van der Waals surface area contributed by atoms with Crippen molar-refractivity contribution in [2.24, 2.45) is 5.73 Å². The fraction of sp³-hybridized carbons (Fsp3) is 1.00. The Labute approximate surface area is 73.9 Å². The highest BCUT2D eigenvalue weighted by Gasteiger charge is 2.19. The maximum Gasteiger partial charge on any atom is 0.169 e. The van der Waals surface area contributed by atoms with Gasteiger partial charge in [-0.25, -0.2) is 0 Å². The number of aliphatic hydroxyl groups is 1. The Morgan fingerprint density at radius 1 is 1.33 bits per heavy atom. The van der Waals surface area contributed by atoms with Crippen LogP contribution in [-0.2, 0) is 4.74 Å². The molecule has 3 heteroatoms. The number of rotatable bonds is 3. The second kappa shape index (κ2) is 4.80. The Balaban J connectivity index is 2.20. The lowest BCUT2D eigenvalue weighted by Crippen LogP contribution is -2.37. The topological polar surface area (TPSA) is 55.5 Å². The largest absolute Gasteiger partial charge is 0.367 e. The Bertz CT molecular complexity index is 122. The predicted molar refractivity (Wildman–Crippen MR) is 47.6 cm³/mol. The molecule has 0 bridgehead atoms. The van der Waals surface area contributed by atoms with Crippen LogP contribution in [0.2, 0.25) is 0 Å². The van der Waals surface area contributed by atoms with E-state index in [-0.39, 0.29) is 12.1 Å². The fourth-order valence-electron chi connectivity index (χ4n) is 1.52. The quantitative estimate of drug-likeness (QED) is 0.626. The molecule has 0 aromatic carbocycles. The lowest BCUT2D eigenvalue weighted by molar-refractivity contribution is -0.152. The van der Waals surface area contributed by atoms with Gasteiger partial charge in [0.1, 0.15) is 0 Å². The second-order valence-corrected chi connectivity index (χ2v) is 3.65. The van der Waals surface area contributed by atoms with E-state index in [4.69, 9.17) is 10.5 Å². The van der Waals surface area contributed by atoms with E-state index in [1.165, 1.54) is 19.3 Å². The average Bonchev–Trinajstić information content (AvgIpc) is 2.06. The molecule has 72 valence electrons. The van der Waals surface area contributed by atoms with Crippen molar-refractivity contribution in [2.45, 2.75) is 57.5 Å². The van der Waals surface area contributed by atoms with Crippen LogP contribution in [0.25, 0.3) is 0 Å². The summed E-state index contributed by atoms with van der Waals surface area (Å²) in [6.45, 7) is 1.76. The Hall–Kier alpha value is -0.120. The maximum absolute atomic E-state index is 9.33. The van der Waals surface area contributed by atoms with Crippen molar-refractivity contribution in [3.63, 3.8) is 0 Å². The van der Waals surface area contributed by atoms with Crippen LogP contribution in [0.1, 0.15) is 39.0 Å². The molecule has 3 N–H and O–H groups in total. The first-order chi connectivity index (χ1) is 5.70. The third-order valence-corrected chi connectivity index (χ3v) is 2.33.